The molecule has 2 aromatic heterocycles. The van der Waals surface area contributed by atoms with Crippen molar-refractivity contribution in [2.45, 2.75) is 26.9 Å². The molecule has 0 atom stereocenters. The van der Waals surface area contributed by atoms with Crippen LogP contribution in [-0.2, 0) is 27.3 Å². The topological polar surface area (TPSA) is 107 Å². The molecule has 0 spiro atoms. The van der Waals surface area contributed by atoms with Crippen molar-refractivity contribution in [2.24, 2.45) is 0 Å². The first kappa shape index (κ1) is 45.2. The Labute approximate surface area is 391 Å². The van der Waals surface area contributed by atoms with E-state index in [0.717, 1.165) is 121 Å². The molecule has 12 heteroatoms. The lowest BCUT2D eigenvalue weighted by Gasteiger charge is -2.32. The second-order valence-corrected chi connectivity index (χ2v) is 17.0. The van der Waals surface area contributed by atoms with Crippen molar-refractivity contribution in [2.75, 3.05) is 72.7 Å². The predicted molar refractivity (Wildman–Crippen MR) is 264 cm³/mol. The van der Waals surface area contributed by atoms with Crippen molar-refractivity contribution in [1.82, 2.24) is 33.8 Å². The lowest BCUT2D eigenvalue weighted by molar-refractivity contribution is 0.0342. The maximum Gasteiger partial charge on any atom is 0.338 e. The van der Waals surface area contributed by atoms with E-state index in [-0.39, 0.29) is 11.9 Å². The summed E-state index contributed by atoms with van der Waals surface area (Å²) in [4.78, 5) is 41.8. The zero-order valence-corrected chi connectivity index (χ0v) is 38.5. The first-order valence-corrected chi connectivity index (χ1v) is 23.2. The van der Waals surface area contributed by atoms with Gasteiger partial charge in [-0.05, 0) is 104 Å². The highest BCUT2D eigenvalue weighted by atomic mass is 16.5. The summed E-state index contributed by atoms with van der Waals surface area (Å²) in [5.41, 5.74) is 13.1. The highest BCUT2D eigenvalue weighted by Gasteiger charge is 2.21. The molecule has 0 unspecified atom stereocenters. The summed E-state index contributed by atoms with van der Waals surface area (Å²) >= 11 is 0. The van der Waals surface area contributed by atoms with E-state index in [4.69, 9.17) is 14.2 Å². The zero-order chi connectivity index (χ0) is 46.1. The zero-order valence-electron chi connectivity index (χ0n) is 38.5. The average Bonchev–Trinajstić information content (AvgIpc) is 4.01. The number of piperazine rings is 1. The van der Waals surface area contributed by atoms with E-state index in [1.165, 1.54) is 11.1 Å². The number of esters is 2. The van der Waals surface area contributed by atoms with Gasteiger partial charge in [-0.3, -0.25) is 18.9 Å². The van der Waals surface area contributed by atoms with Gasteiger partial charge in [0.2, 0.25) is 0 Å². The third-order valence-corrected chi connectivity index (χ3v) is 12.4. The van der Waals surface area contributed by atoms with Crippen LogP contribution in [0.15, 0.2) is 146 Å². The summed E-state index contributed by atoms with van der Waals surface area (Å²) in [5.74, 6) is -0.659. The van der Waals surface area contributed by atoms with Crippen LogP contribution < -0.4 is 0 Å². The summed E-state index contributed by atoms with van der Waals surface area (Å²) in [6.07, 6.45) is 3.64. The Kier molecular flexibility index (Phi) is 14.3. The summed E-state index contributed by atoms with van der Waals surface area (Å²) in [6.45, 7) is 13.9. The monoisotopic (exact) mass is 895 g/mol. The van der Waals surface area contributed by atoms with Gasteiger partial charge in [-0.2, -0.15) is 0 Å². The van der Waals surface area contributed by atoms with Crippen molar-refractivity contribution in [1.29, 1.82) is 0 Å². The Morgan fingerprint density at radius 2 is 0.985 bits per heavy atom. The summed E-state index contributed by atoms with van der Waals surface area (Å²) < 4.78 is 20.3. The highest BCUT2D eigenvalue weighted by Crippen LogP contribution is 2.35. The predicted octanol–water partition coefficient (Wildman–Crippen LogP) is 9.32. The summed E-state index contributed by atoms with van der Waals surface area (Å²) in [6, 6.07) is 45.0. The van der Waals surface area contributed by atoms with E-state index in [2.05, 4.69) is 114 Å². The van der Waals surface area contributed by atoms with Crippen molar-refractivity contribution in [3.05, 3.63) is 168 Å². The van der Waals surface area contributed by atoms with Crippen LogP contribution in [0.3, 0.4) is 0 Å². The number of aromatic nitrogens is 4. The minimum absolute atomic E-state index is 0.325. The number of imidazole rings is 2. The Balaban J connectivity index is 0.000000168. The fraction of sp³-hybridized carbons (Fsp3) is 0.273. The molecule has 0 N–H and O–H groups in total. The van der Waals surface area contributed by atoms with Crippen LogP contribution in [0.2, 0.25) is 0 Å². The molecule has 12 nitrogen and oxygen atoms in total. The molecule has 342 valence electrons. The van der Waals surface area contributed by atoms with E-state index in [1.807, 2.05) is 87.2 Å². The minimum atomic E-state index is -0.334. The number of rotatable bonds is 12. The van der Waals surface area contributed by atoms with Crippen LogP contribution in [0.25, 0.3) is 55.7 Å². The number of likely N-dealkylation sites (N-methyl/N-ethyl adjacent to an activating group) is 1. The van der Waals surface area contributed by atoms with E-state index in [9.17, 15) is 9.59 Å². The van der Waals surface area contributed by atoms with Gasteiger partial charge in [0.15, 0.2) is 0 Å². The fourth-order valence-corrected chi connectivity index (χ4v) is 8.93. The third kappa shape index (κ3) is 10.5. The second-order valence-electron chi connectivity index (χ2n) is 17.0. The summed E-state index contributed by atoms with van der Waals surface area (Å²) in [5, 5.41) is 0. The Morgan fingerprint density at radius 3 is 1.43 bits per heavy atom. The molecule has 0 amide bonds. The van der Waals surface area contributed by atoms with Crippen LogP contribution in [-0.4, -0.2) is 118 Å². The third-order valence-electron chi connectivity index (χ3n) is 12.4. The Morgan fingerprint density at radius 1 is 0.537 bits per heavy atom. The fourth-order valence-electron chi connectivity index (χ4n) is 8.93. The summed E-state index contributed by atoms with van der Waals surface area (Å²) in [7, 11) is 2.18. The molecule has 2 aliphatic rings. The van der Waals surface area contributed by atoms with Gasteiger partial charge in [-0.25, -0.2) is 19.6 Å². The van der Waals surface area contributed by atoms with Crippen LogP contribution in [0.5, 0.6) is 0 Å². The number of para-hydroxylation sites is 2. The number of hydrogen-bond acceptors (Lipinski definition) is 10. The Bertz CT molecular complexity index is 2950. The minimum Gasteiger partial charge on any atom is -0.462 e. The number of ether oxygens (including phenoxy) is 3. The van der Waals surface area contributed by atoms with Crippen LogP contribution in [0, 0.1) is 0 Å². The van der Waals surface area contributed by atoms with Crippen LogP contribution >= 0.6 is 0 Å². The number of hydrogen-bond donors (Lipinski definition) is 0. The molecule has 0 saturated carbocycles. The molecule has 4 heterocycles. The van der Waals surface area contributed by atoms with Crippen molar-refractivity contribution >= 4 is 34.0 Å². The highest BCUT2D eigenvalue weighted by molar-refractivity contribution is 6.02. The van der Waals surface area contributed by atoms with E-state index < -0.39 is 0 Å². The first-order chi connectivity index (χ1) is 32.8. The smallest absolute Gasteiger partial charge is 0.338 e. The van der Waals surface area contributed by atoms with Crippen molar-refractivity contribution < 1.29 is 23.8 Å². The number of carbonyl (C=O) groups excluding carboxylic acids is 2. The molecule has 2 aliphatic heterocycles. The lowest BCUT2D eigenvalue weighted by Crippen LogP contribution is -2.43. The molecular formula is C55H57N7O5. The SMILES string of the molecule is CCOC(=O)c1cc(-c2cccc(CN3CCN(C)CC3)c2)c2c(c1)ncn2-c1ccccc1.CCOC(=O)c1cc(-c2cccc(CN3CCOCC3)c2)c2c(c1)ncn2-c1ccccc1. The van der Waals surface area contributed by atoms with Gasteiger partial charge in [-0.15, -0.1) is 0 Å². The molecule has 0 aliphatic carbocycles. The molecule has 2 fully saturated rings. The molecule has 10 rings (SSSR count). The van der Waals surface area contributed by atoms with Crippen molar-refractivity contribution in [3.8, 4) is 33.6 Å². The number of morpholine rings is 1. The molecule has 2 saturated heterocycles. The normalized spacial score (nSPS) is 14.7. The van der Waals surface area contributed by atoms with Gasteiger partial charge < -0.3 is 19.1 Å². The Hall–Kier alpha value is -6.96. The van der Waals surface area contributed by atoms with Gasteiger partial charge in [0, 0.05) is 74.9 Å². The number of nitrogens with zero attached hydrogens (tertiary/aromatic N) is 7. The van der Waals surface area contributed by atoms with Gasteiger partial charge in [0.1, 0.15) is 12.7 Å². The largest absolute Gasteiger partial charge is 0.462 e. The number of fused-ring (bicyclic) bond motifs is 2. The van der Waals surface area contributed by atoms with Crippen LogP contribution in [0.1, 0.15) is 45.7 Å². The molecular weight excluding hydrogens is 839 g/mol. The van der Waals surface area contributed by atoms with E-state index in [0.29, 0.717) is 24.3 Å². The molecule has 0 bridgehead atoms. The van der Waals surface area contributed by atoms with E-state index in [1.54, 1.807) is 0 Å². The molecule has 8 aromatic rings. The second kappa shape index (κ2) is 21.1. The van der Waals surface area contributed by atoms with Crippen LogP contribution in [0.4, 0.5) is 0 Å². The lowest BCUT2D eigenvalue weighted by atomic mass is 9.98. The molecule has 0 radical (unpaired) electrons. The van der Waals surface area contributed by atoms with Gasteiger partial charge in [-0.1, -0.05) is 72.8 Å². The average molecular weight is 896 g/mol. The number of carbonyl (C=O) groups is 2. The first-order valence-electron chi connectivity index (χ1n) is 23.2. The maximum atomic E-state index is 12.6. The van der Waals surface area contributed by atoms with Gasteiger partial charge >= 0.3 is 11.9 Å². The van der Waals surface area contributed by atoms with Crippen molar-refractivity contribution in [3.63, 3.8) is 0 Å². The maximum absolute atomic E-state index is 12.6. The molecule has 67 heavy (non-hydrogen) atoms. The number of benzene rings is 6. The quantitative estimate of drug-likeness (QED) is 0.110. The van der Waals surface area contributed by atoms with E-state index >= 15 is 0 Å². The standard InChI is InChI=1S/C28H30N4O2.C27H27N3O3/c1-3-34-28(33)23-17-25(27-26(18-23)29-20-32(27)24-10-5-4-6-11-24)22-9-7-8-21(16-22)19-31-14-12-30(2)13-15-31;1-2-33-27(31)22-16-24(21-8-6-7-20(15-21)18-29-11-13-32-14-12-29)26-25(17-22)28-19-30(26)23-9-4-3-5-10-23/h4-11,16-18,20H,3,12-15,19H2,1-2H3;3-10,15-17,19H,2,11-14,18H2,1H3. The molecule has 6 aromatic carbocycles. The van der Waals surface area contributed by atoms with Gasteiger partial charge in [0.05, 0.1) is 59.6 Å². The van der Waals surface area contributed by atoms with Gasteiger partial charge in [0.25, 0.3) is 0 Å².